The standard InChI is InChI=1S/C18H13BrO/c1-12-9-14(11-15(19)10-12)18(20)17-8-4-6-13-5-2-3-7-16(13)17/h2-11H,1H3. The number of hydrogen-bond donors (Lipinski definition) is 0. The van der Waals surface area contributed by atoms with Crippen molar-refractivity contribution in [3.05, 3.63) is 81.8 Å². The Balaban J connectivity index is 2.17. The predicted octanol–water partition coefficient (Wildman–Crippen LogP) is 5.14. The predicted molar refractivity (Wildman–Crippen MR) is 86.3 cm³/mol. The highest BCUT2D eigenvalue weighted by Gasteiger charge is 2.13. The minimum atomic E-state index is 0.0613. The van der Waals surface area contributed by atoms with E-state index in [1.165, 1.54) is 0 Å². The summed E-state index contributed by atoms with van der Waals surface area (Å²) in [6.07, 6.45) is 0. The summed E-state index contributed by atoms with van der Waals surface area (Å²) in [5.41, 5.74) is 2.54. The summed E-state index contributed by atoms with van der Waals surface area (Å²) in [6.45, 7) is 1.99. The Morgan fingerprint density at radius 3 is 2.50 bits per heavy atom. The number of hydrogen-bond acceptors (Lipinski definition) is 1. The lowest BCUT2D eigenvalue weighted by Gasteiger charge is -2.07. The van der Waals surface area contributed by atoms with Gasteiger partial charge in [0.2, 0.25) is 0 Å². The van der Waals surface area contributed by atoms with E-state index in [0.29, 0.717) is 5.56 Å². The first-order chi connectivity index (χ1) is 9.65. The molecule has 1 nitrogen and oxygen atoms in total. The number of carbonyl (C=O) groups is 1. The van der Waals surface area contributed by atoms with Gasteiger partial charge >= 0.3 is 0 Å². The van der Waals surface area contributed by atoms with Crippen molar-refractivity contribution in [3.8, 4) is 0 Å². The molecule has 0 amide bonds. The fourth-order valence-corrected chi connectivity index (χ4v) is 3.05. The lowest BCUT2D eigenvalue weighted by molar-refractivity contribution is 0.104. The van der Waals surface area contributed by atoms with Crippen molar-refractivity contribution in [1.29, 1.82) is 0 Å². The fourth-order valence-electron chi connectivity index (χ4n) is 2.45. The number of aryl methyl sites for hydroxylation is 1. The van der Waals surface area contributed by atoms with Crippen molar-refractivity contribution in [2.24, 2.45) is 0 Å². The van der Waals surface area contributed by atoms with Gasteiger partial charge < -0.3 is 0 Å². The zero-order valence-electron chi connectivity index (χ0n) is 11.1. The molecule has 0 unspecified atom stereocenters. The monoisotopic (exact) mass is 324 g/mol. The van der Waals surface area contributed by atoms with E-state index >= 15 is 0 Å². The molecule has 3 aromatic carbocycles. The molecular formula is C18H13BrO. The summed E-state index contributed by atoms with van der Waals surface area (Å²) in [5.74, 6) is 0.0613. The minimum Gasteiger partial charge on any atom is -0.289 e. The second-order valence-corrected chi connectivity index (χ2v) is 5.79. The molecule has 2 heteroatoms. The molecule has 0 bridgehead atoms. The van der Waals surface area contributed by atoms with Gasteiger partial charge in [0, 0.05) is 15.6 Å². The van der Waals surface area contributed by atoms with E-state index in [0.717, 1.165) is 26.4 Å². The normalized spacial score (nSPS) is 10.7. The Labute approximate surface area is 126 Å². The third kappa shape index (κ3) is 2.39. The molecule has 98 valence electrons. The molecule has 0 saturated heterocycles. The maximum atomic E-state index is 12.7. The quantitative estimate of drug-likeness (QED) is 0.596. The van der Waals surface area contributed by atoms with Crippen molar-refractivity contribution in [2.45, 2.75) is 6.92 Å². The van der Waals surface area contributed by atoms with Crippen LogP contribution < -0.4 is 0 Å². The van der Waals surface area contributed by atoms with Crippen LogP contribution in [0.3, 0.4) is 0 Å². The molecular weight excluding hydrogens is 312 g/mol. The number of halogens is 1. The average molecular weight is 325 g/mol. The molecule has 0 aliphatic heterocycles. The van der Waals surface area contributed by atoms with Crippen LogP contribution >= 0.6 is 15.9 Å². The lowest BCUT2D eigenvalue weighted by atomic mass is 9.96. The molecule has 0 saturated carbocycles. The van der Waals surface area contributed by atoms with Gasteiger partial charge in [0.15, 0.2) is 5.78 Å². The molecule has 3 rings (SSSR count). The largest absolute Gasteiger partial charge is 0.289 e. The average Bonchev–Trinajstić information content (AvgIpc) is 2.45. The Kier molecular flexibility index (Phi) is 3.41. The highest BCUT2D eigenvalue weighted by molar-refractivity contribution is 9.10. The summed E-state index contributed by atoms with van der Waals surface area (Å²) < 4.78 is 0.932. The molecule has 0 aliphatic carbocycles. The summed E-state index contributed by atoms with van der Waals surface area (Å²) in [5, 5.41) is 2.09. The summed E-state index contributed by atoms with van der Waals surface area (Å²) in [6, 6.07) is 19.6. The number of fused-ring (bicyclic) bond motifs is 1. The van der Waals surface area contributed by atoms with Crippen LogP contribution in [0.4, 0.5) is 0 Å². The van der Waals surface area contributed by atoms with Gasteiger partial charge in [-0.15, -0.1) is 0 Å². The Morgan fingerprint density at radius 1 is 0.950 bits per heavy atom. The zero-order chi connectivity index (χ0) is 14.1. The first kappa shape index (κ1) is 13.1. The van der Waals surface area contributed by atoms with Crippen molar-refractivity contribution >= 4 is 32.5 Å². The number of rotatable bonds is 2. The molecule has 0 atom stereocenters. The van der Waals surface area contributed by atoms with Gasteiger partial charge in [0.05, 0.1) is 0 Å². The molecule has 0 heterocycles. The van der Waals surface area contributed by atoms with Gasteiger partial charge in [-0.1, -0.05) is 58.4 Å². The van der Waals surface area contributed by atoms with Gasteiger partial charge in [-0.3, -0.25) is 4.79 Å². The molecule has 20 heavy (non-hydrogen) atoms. The Hall–Kier alpha value is -1.93. The second-order valence-electron chi connectivity index (χ2n) is 4.87. The van der Waals surface area contributed by atoms with Crippen molar-refractivity contribution in [3.63, 3.8) is 0 Å². The third-order valence-electron chi connectivity index (χ3n) is 3.34. The Bertz CT molecular complexity index is 780. The number of ketones is 1. The van der Waals surface area contributed by atoms with Crippen LogP contribution in [0.5, 0.6) is 0 Å². The van der Waals surface area contributed by atoms with E-state index in [2.05, 4.69) is 15.9 Å². The molecule has 0 spiro atoms. The van der Waals surface area contributed by atoms with Crippen LogP contribution in [0.15, 0.2) is 65.1 Å². The Morgan fingerprint density at radius 2 is 1.70 bits per heavy atom. The van der Waals surface area contributed by atoms with Crippen LogP contribution in [0, 0.1) is 6.92 Å². The molecule has 0 aromatic heterocycles. The third-order valence-corrected chi connectivity index (χ3v) is 3.80. The maximum Gasteiger partial charge on any atom is 0.193 e. The molecule has 0 radical (unpaired) electrons. The highest BCUT2D eigenvalue weighted by Crippen LogP contribution is 2.23. The van der Waals surface area contributed by atoms with Crippen LogP contribution in [0.25, 0.3) is 10.8 Å². The summed E-state index contributed by atoms with van der Waals surface area (Å²) in [4.78, 5) is 12.7. The topological polar surface area (TPSA) is 17.1 Å². The van der Waals surface area contributed by atoms with Crippen molar-refractivity contribution in [2.75, 3.05) is 0 Å². The SMILES string of the molecule is Cc1cc(Br)cc(C(=O)c2cccc3ccccc23)c1. The smallest absolute Gasteiger partial charge is 0.193 e. The second kappa shape index (κ2) is 5.22. The first-order valence-corrected chi connectivity index (χ1v) is 7.24. The molecule has 0 fully saturated rings. The van der Waals surface area contributed by atoms with Crippen LogP contribution in [-0.4, -0.2) is 5.78 Å². The van der Waals surface area contributed by atoms with E-state index < -0.39 is 0 Å². The van der Waals surface area contributed by atoms with E-state index in [4.69, 9.17) is 0 Å². The van der Waals surface area contributed by atoms with E-state index in [1.807, 2.05) is 67.6 Å². The van der Waals surface area contributed by atoms with Crippen molar-refractivity contribution in [1.82, 2.24) is 0 Å². The highest BCUT2D eigenvalue weighted by atomic mass is 79.9. The minimum absolute atomic E-state index is 0.0613. The van der Waals surface area contributed by atoms with E-state index in [-0.39, 0.29) is 5.78 Å². The van der Waals surface area contributed by atoms with Gasteiger partial charge in [-0.25, -0.2) is 0 Å². The number of carbonyl (C=O) groups excluding carboxylic acids is 1. The maximum absolute atomic E-state index is 12.7. The van der Waals surface area contributed by atoms with E-state index in [1.54, 1.807) is 0 Å². The van der Waals surface area contributed by atoms with E-state index in [9.17, 15) is 4.79 Å². The summed E-state index contributed by atoms with van der Waals surface area (Å²) >= 11 is 3.45. The van der Waals surface area contributed by atoms with Gasteiger partial charge in [-0.2, -0.15) is 0 Å². The molecule has 0 aliphatic rings. The molecule has 3 aromatic rings. The van der Waals surface area contributed by atoms with Crippen LogP contribution in [0.2, 0.25) is 0 Å². The van der Waals surface area contributed by atoms with Gasteiger partial charge in [0.25, 0.3) is 0 Å². The zero-order valence-corrected chi connectivity index (χ0v) is 12.6. The van der Waals surface area contributed by atoms with Crippen LogP contribution in [-0.2, 0) is 0 Å². The summed E-state index contributed by atoms with van der Waals surface area (Å²) in [7, 11) is 0. The van der Waals surface area contributed by atoms with Crippen molar-refractivity contribution < 1.29 is 4.79 Å². The fraction of sp³-hybridized carbons (Fsp3) is 0.0556. The van der Waals surface area contributed by atoms with Crippen LogP contribution in [0.1, 0.15) is 21.5 Å². The number of benzene rings is 3. The lowest BCUT2D eigenvalue weighted by Crippen LogP contribution is -2.02. The van der Waals surface area contributed by atoms with Gasteiger partial charge in [-0.05, 0) is 41.5 Å². The first-order valence-electron chi connectivity index (χ1n) is 6.45. The molecule has 0 N–H and O–H groups in total. The van der Waals surface area contributed by atoms with Gasteiger partial charge in [0.1, 0.15) is 0 Å².